The van der Waals surface area contributed by atoms with Crippen molar-refractivity contribution in [1.82, 2.24) is 0 Å². The summed E-state index contributed by atoms with van der Waals surface area (Å²) in [6, 6.07) is 2.61. The van der Waals surface area contributed by atoms with Crippen LogP contribution in [0.25, 0.3) is 0 Å². The number of carbonyl (C=O) groups is 1. The first kappa shape index (κ1) is 10.9. The molecular formula is C8H7Cl2NO3. The van der Waals surface area contributed by atoms with Gasteiger partial charge in [-0.15, -0.1) is 0 Å². The van der Waals surface area contributed by atoms with Gasteiger partial charge in [0.25, 0.3) is 0 Å². The maximum absolute atomic E-state index is 10.2. The van der Waals surface area contributed by atoms with Gasteiger partial charge in [-0.25, -0.2) is 0 Å². The summed E-state index contributed by atoms with van der Waals surface area (Å²) in [4.78, 5) is 10.2. The molecule has 0 bridgehead atoms. The number of hydrogen-bond acceptors (Lipinski definition) is 3. The molecule has 6 heteroatoms. The van der Waals surface area contributed by atoms with Crippen LogP contribution in [0.3, 0.4) is 0 Å². The maximum atomic E-state index is 10.2. The number of nitrogens with one attached hydrogen (secondary N) is 1. The van der Waals surface area contributed by atoms with Gasteiger partial charge in [-0.2, -0.15) is 0 Å². The lowest BCUT2D eigenvalue weighted by atomic mass is 10.3. The Morgan fingerprint density at radius 2 is 1.93 bits per heavy atom. The maximum Gasteiger partial charge on any atom is 0.322 e. The van der Waals surface area contributed by atoms with Crippen LogP contribution in [-0.2, 0) is 4.79 Å². The number of aromatic hydroxyl groups is 1. The van der Waals surface area contributed by atoms with E-state index in [9.17, 15) is 9.90 Å². The lowest BCUT2D eigenvalue weighted by Gasteiger charge is -2.07. The smallest absolute Gasteiger partial charge is 0.322 e. The zero-order chi connectivity index (χ0) is 10.7. The van der Waals surface area contributed by atoms with E-state index in [1.807, 2.05) is 0 Å². The van der Waals surface area contributed by atoms with Gasteiger partial charge in [0.2, 0.25) is 0 Å². The molecule has 0 aliphatic rings. The number of aliphatic carboxylic acids is 1. The second-order valence-electron chi connectivity index (χ2n) is 2.53. The van der Waals surface area contributed by atoms with Crippen molar-refractivity contribution in [1.29, 1.82) is 0 Å². The number of carboxylic acids is 1. The van der Waals surface area contributed by atoms with Crippen LogP contribution in [0, 0.1) is 0 Å². The van der Waals surface area contributed by atoms with Crippen molar-refractivity contribution >= 4 is 34.9 Å². The second-order valence-corrected chi connectivity index (χ2v) is 3.35. The number of anilines is 1. The highest BCUT2D eigenvalue weighted by Crippen LogP contribution is 2.33. The Balaban J connectivity index is 2.87. The van der Waals surface area contributed by atoms with E-state index in [0.29, 0.717) is 0 Å². The summed E-state index contributed by atoms with van der Waals surface area (Å²) in [5, 5.41) is 20.7. The molecule has 0 aromatic heterocycles. The molecule has 14 heavy (non-hydrogen) atoms. The minimum Gasteiger partial charge on any atom is -0.506 e. The van der Waals surface area contributed by atoms with E-state index in [1.54, 1.807) is 0 Å². The molecule has 0 atom stereocenters. The minimum atomic E-state index is -1.03. The number of rotatable bonds is 3. The van der Waals surface area contributed by atoms with Gasteiger partial charge in [-0.3, -0.25) is 4.79 Å². The molecule has 1 aromatic rings. The Morgan fingerprint density at radius 1 is 1.36 bits per heavy atom. The SMILES string of the molecule is O=C(O)CNc1cc(Cl)c(Cl)cc1O. The van der Waals surface area contributed by atoms with E-state index in [-0.39, 0.29) is 28.0 Å². The zero-order valence-corrected chi connectivity index (χ0v) is 8.43. The molecular weight excluding hydrogens is 229 g/mol. The van der Waals surface area contributed by atoms with E-state index in [0.717, 1.165) is 0 Å². The molecule has 0 saturated carbocycles. The molecule has 0 amide bonds. The second kappa shape index (κ2) is 4.39. The van der Waals surface area contributed by atoms with Crippen molar-refractivity contribution in [3.8, 4) is 5.75 Å². The number of hydrogen-bond donors (Lipinski definition) is 3. The Morgan fingerprint density at radius 3 is 2.50 bits per heavy atom. The highest BCUT2D eigenvalue weighted by atomic mass is 35.5. The van der Waals surface area contributed by atoms with Crippen molar-refractivity contribution in [3.63, 3.8) is 0 Å². The van der Waals surface area contributed by atoms with Crippen LogP contribution in [0.2, 0.25) is 10.0 Å². The molecule has 76 valence electrons. The van der Waals surface area contributed by atoms with Crippen LogP contribution in [-0.4, -0.2) is 22.7 Å². The highest BCUT2D eigenvalue weighted by Gasteiger charge is 2.07. The summed E-state index contributed by atoms with van der Waals surface area (Å²) < 4.78 is 0. The van der Waals surface area contributed by atoms with Crippen molar-refractivity contribution in [2.45, 2.75) is 0 Å². The van der Waals surface area contributed by atoms with Crippen LogP contribution in [0.1, 0.15) is 0 Å². The van der Waals surface area contributed by atoms with Gasteiger partial charge in [0.1, 0.15) is 12.3 Å². The number of benzene rings is 1. The van der Waals surface area contributed by atoms with Crippen LogP contribution in [0.5, 0.6) is 5.75 Å². The third-order valence-electron chi connectivity index (χ3n) is 1.47. The van der Waals surface area contributed by atoms with Crippen LogP contribution < -0.4 is 5.32 Å². The lowest BCUT2D eigenvalue weighted by Crippen LogP contribution is -2.12. The van der Waals surface area contributed by atoms with Gasteiger partial charge in [-0.1, -0.05) is 23.2 Å². The summed E-state index contributed by atoms with van der Waals surface area (Å²) in [6.45, 7) is -0.300. The molecule has 4 nitrogen and oxygen atoms in total. The molecule has 0 saturated heterocycles. The number of phenols is 1. The molecule has 0 radical (unpaired) electrons. The van der Waals surface area contributed by atoms with Crippen LogP contribution in [0.15, 0.2) is 12.1 Å². The van der Waals surface area contributed by atoms with E-state index >= 15 is 0 Å². The Hall–Kier alpha value is -1.13. The van der Waals surface area contributed by atoms with E-state index in [2.05, 4.69) is 5.32 Å². The van der Waals surface area contributed by atoms with Gasteiger partial charge >= 0.3 is 5.97 Å². The molecule has 0 aliphatic carbocycles. The lowest BCUT2D eigenvalue weighted by molar-refractivity contribution is -0.134. The van der Waals surface area contributed by atoms with Crippen molar-refractivity contribution < 1.29 is 15.0 Å². The van der Waals surface area contributed by atoms with Gasteiger partial charge in [0, 0.05) is 6.07 Å². The normalized spacial score (nSPS) is 9.86. The fourth-order valence-electron chi connectivity index (χ4n) is 0.849. The van der Waals surface area contributed by atoms with Crippen molar-refractivity contribution in [3.05, 3.63) is 22.2 Å². The number of carboxylic acid groups (broad SMARTS) is 1. The van der Waals surface area contributed by atoms with Crippen LogP contribution >= 0.6 is 23.2 Å². The standard InChI is InChI=1S/C8H7Cl2NO3/c9-4-1-6(11-3-8(13)14)7(12)2-5(4)10/h1-2,11-12H,3H2,(H,13,14). The molecule has 0 heterocycles. The fourth-order valence-corrected chi connectivity index (χ4v) is 1.17. The van der Waals surface area contributed by atoms with Gasteiger partial charge in [-0.05, 0) is 6.07 Å². The summed E-state index contributed by atoms with van der Waals surface area (Å²) >= 11 is 11.3. The minimum absolute atomic E-state index is 0.138. The summed E-state index contributed by atoms with van der Waals surface area (Å²) in [6.07, 6.45) is 0. The molecule has 0 unspecified atom stereocenters. The van der Waals surface area contributed by atoms with E-state index in [1.165, 1.54) is 12.1 Å². The molecule has 1 rings (SSSR count). The highest BCUT2D eigenvalue weighted by molar-refractivity contribution is 6.42. The first-order chi connectivity index (χ1) is 6.50. The Kier molecular flexibility index (Phi) is 3.43. The zero-order valence-electron chi connectivity index (χ0n) is 6.92. The summed E-state index contributed by atoms with van der Waals surface area (Å²) in [5.41, 5.74) is 0.238. The van der Waals surface area contributed by atoms with E-state index < -0.39 is 5.97 Å². The quantitative estimate of drug-likeness (QED) is 0.703. The number of halogens is 2. The van der Waals surface area contributed by atoms with Gasteiger partial charge in [0.15, 0.2) is 0 Å². The number of phenolic OH excluding ortho intramolecular Hbond substituents is 1. The van der Waals surface area contributed by atoms with Crippen LogP contribution in [0.4, 0.5) is 5.69 Å². The molecule has 3 N–H and O–H groups in total. The molecule has 0 aliphatic heterocycles. The third kappa shape index (κ3) is 2.68. The average Bonchev–Trinajstić information content (AvgIpc) is 2.09. The Bertz CT molecular complexity index is 368. The molecule has 0 spiro atoms. The Labute approximate surface area is 90.1 Å². The molecule has 0 fully saturated rings. The predicted molar refractivity (Wildman–Crippen MR) is 54.3 cm³/mol. The first-order valence-corrected chi connectivity index (χ1v) is 4.40. The fraction of sp³-hybridized carbons (Fsp3) is 0.125. The third-order valence-corrected chi connectivity index (χ3v) is 2.19. The van der Waals surface area contributed by atoms with Gasteiger partial charge < -0.3 is 15.5 Å². The monoisotopic (exact) mass is 235 g/mol. The largest absolute Gasteiger partial charge is 0.506 e. The van der Waals surface area contributed by atoms with Gasteiger partial charge in [0.05, 0.1) is 15.7 Å². The topological polar surface area (TPSA) is 69.6 Å². The first-order valence-electron chi connectivity index (χ1n) is 3.64. The van der Waals surface area contributed by atoms with Crippen molar-refractivity contribution in [2.75, 3.05) is 11.9 Å². The summed E-state index contributed by atoms with van der Waals surface area (Å²) in [5.74, 6) is -1.17. The average molecular weight is 236 g/mol. The summed E-state index contributed by atoms with van der Waals surface area (Å²) in [7, 11) is 0. The molecule has 1 aromatic carbocycles. The predicted octanol–water partition coefficient (Wildman–Crippen LogP) is 2.20. The van der Waals surface area contributed by atoms with E-state index in [4.69, 9.17) is 28.3 Å². The van der Waals surface area contributed by atoms with Crippen molar-refractivity contribution in [2.24, 2.45) is 0 Å².